The number of guanidine groups is 1. The second-order valence-electron chi connectivity index (χ2n) is 16.1. The lowest BCUT2D eigenvalue weighted by molar-refractivity contribution is -0.142. The predicted molar refractivity (Wildman–Crippen MR) is 244 cm³/mol. The van der Waals surface area contributed by atoms with Gasteiger partial charge in [0.25, 0.3) is 0 Å². The number of unbranched alkanes of at least 4 members (excludes halogenated alkanes) is 2. The molecule has 0 saturated heterocycles. The van der Waals surface area contributed by atoms with E-state index >= 15 is 0 Å². The van der Waals surface area contributed by atoms with Crippen LogP contribution in [-0.4, -0.2) is 115 Å². The fraction of sp³-hybridized carbons (Fsp3) is 0.545. The maximum absolute atomic E-state index is 14.2. The summed E-state index contributed by atoms with van der Waals surface area (Å²) in [6.45, 7) is 4.14. The number of carbonyl (C=O) groups excluding carboxylic acids is 6. The summed E-state index contributed by atoms with van der Waals surface area (Å²) in [5, 5.41) is 25.8. The normalized spacial score (nSPS) is 13.8. The molecule has 0 aliphatic rings. The topological polar surface area (TPSA) is 354 Å². The summed E-state index contributed by atoms with van der Waals surface area (Å²) in [5.41, 5.74) is 29.4. The van der Waals surface area contributed by atoms with Crippen molar-refractivity contribution in [2.24, 2.45) is 39.6 Å². The number of amides is 6. The molecule has 6 amide bonds. The van der Waals surface area contributed by atoms with Crippen LogP contribution < -0.4 is 60.6 Å². The van der Waals surface area contributed by atoms with E-state index in [4.69, 9.17) is 28.7 Å². The standard InChI is InChI=1S/C44H70N12O8/c1-28(2)24-34(55-38(58)31(47)18-9-11-21-45)39(59)51-27-37(57)52-35(25-29-14-5-3-6-15-29)41(61)56-36(26-30-16-7-4-8-17-30)42(62)53-32(19-10-12-22-46)40(60)54-33(43(63)64)20-13-23-50-44(48)49/h3-8,14-17,28,31-36H,9-13,18-27,45-47H2,1-2H3,(H,51,59)(H,52,57)(H,53,62)(H,54,60)(H,55,58)(H,56,61)(H,63,64)(H4,48,49,50)/t31-,32-,33-,34-,35-,36-/m0/s1. The van der Waals surface area contributed by atoms with Crippen molar-refractivity contribution in [3.05, 3.63) is 71.8 Å². The number of aliphatic imine (C=N–C) groups is 1. The Hall–Kier alpha value is -6.12. The molecule has 0 unspecified atom stereocenters. The summed E-state index contributed by atoms with van der Waals surface area (Å²) in [6.07, 6.45) is 3.31. The maximum atomic E-state index is 14.2. The van der Waals surface area contributed by atoms with Crippen LogP contribution in [0.25, 0.3) is 0 Å². The molecule has 0 radical (unpaired) electrons. The molecular formula is C44H70N12O8. The van der Waals surface area contributed by atoms with E-state index in [2.05, 4.69) is 36.9 Å². The molecule has 0 fully saturated rings. The molecule has 20 nitrogen and oxygen atoms in total. The van der Waals surface area contributed by atoms with E-state index in [1.54, 1.807) is 60.7 Å². The molecule has 2 rings (SSSR count). The third kappa shape index (κ3) is 21.8. The highest BCUT2D eigenvalue weighted by Crippen LogP contribution is 2.11. The van der Waals surface area contributed by atoms with Crippen molar-refractivity contribution in [2.45, 2.75) is 121 Å². The quantitative estimate of drug-likeness (QED) is 0.0240. The molecule has 6 atom stereocenters. The summed E-state index contributed by atoms with van der Waals surface area (Å²) in [7, 11) is 0. The third-order valence-electron chi connectivity index (χ3n) is 10.1. The Balaban J connectivity index is 2.33. The van der Waals surface area contributed by atoms with Gasteiger partial charge >= 0.3 is 5.97 Å². The number of aliphatic carboxylic acids is 1. The van der Waals surface area contributed by atoms with Crippen molar-refractivity contribution < 1.29 is 38.7 Å². The second kappa shape index (κ2) is 30.1. The van der Waals surface area contributed by atoms with Gasteiger partial charge in [0.05, 0.1) is 12.6 Å². The van der Waals surface area contributed by atoms with Crippen LogP contribution in [0.5, 0.6) is 0 Å². The maximum Gasteiger partial charge on any atom is 0.326 e. The second-order valence-corrected chi connectivity index (χ2v) is 16.1. The van der Waals surface area contributed by atoms with Crippen LogP contribution in [-0.2, 0) is 46.4 Å². The molecule has 2 aromatic rings. The lowest BCUT2D eigenvalue weighted by Gasteiger charge is -2.26. The largest absolute Gasteiger partial charge is 0.480 e. The monoisotopic (exact) mass is 895 g/mol. The number of benzene rings is 2. The molecule has 354 valence electrons. The average molecular weight is 895 g/mol. The first-order valence-electron chi connectivity index (χ1n) is 21.8. The van der Waals surface area contributed by atoms with E-state index in [0.717, 1.165) is 0 Å². The predicted octanol–water partition coefficient (Wildman–Crippen LogP) is -1.22. The van der Waals surface area contributed by atoms with E-state index in [-0.39, 0.29) is 56.9 Å². The number of nitrogens with two attached hydrogens (primary N) is 5. The van der Waals surface area contributed by atoms with Gasteiger partial charge in [-0.05, 0) is 81.5 Å². The fourth-order valence-electron chi connectivity index (χ4n) is 6.61. The van der Waals surface area contributed by atoms with E-state index in [1.165, 1.54) is 0 Å². The number of carbonyl (C=O) groups is 7. The molecular weight excluding hydrogens is 825 g/mol. The van der Waals surface area contributed by atoms with E-state index in [1.807, 2.05) is 13.8 Å². The minimum Gasteiger partial charge on any atom is -0.480 e. The highest BCUT2D eigenvalue weighted by atomic mass is 16.4. The van der Waals surface area contributed by atoms with Crippen molar-refractivity contribution in [3.8, 4) is 0 Å². The van der Waals surface area contributed by atoms with Crippen LogP contribution >= 0.6 is 0 Å². The lowest BCUT2D eigenvalue weighted by Crippen LogP contribution is -2.59. The average Bonchev–Trinajstić information content (AvgIpc) is 3.25. The highest BCUT2D eigenvalue weighted by Gasteiger charge is 2.32. The first-order chi connectivity index (χ1) is 30.5. The van der Waals surface area contributed by atoms with E-state index in [0.29, 0.717) is 56.3 Å². The number of rotatable bonds is 31. The molecule has 64 heavy (non-hydrogen) atoms. The number of nitrogens with zero attached hydrogens (tertiary/aromatic N) is 1. The zero-order valence-corrected chi connectivity index (χ0v) is 37.1. The molecule has 17 N–H and O–H groups in total. The van der Waals surface area contributed by atoms with Gasteiger partial charge in [0.1, 0.15) is 30.2 Å². The molecule has 2 aromatic carbocycles. The van der Waals surface area contributed by atoms with Gasteiger partial charge in [-0.2, -0.15) is 0 Å². The van der Waals surface area contributed by atoms with Crippen LogP contribution in [0, 0.1) is 5.92 Å². The molecule has 0 aliphatic heterocycles. The SMILES string of the molecule is CC(C)C[C@H](NC(=O)[C@@H](N)CCCCN)C(=O)NCC(=O)N[C@@H](Cc1ccccc1)C(=O)N[C@@H](Cc1ccccc1)C(=O)N[C@@H](CCCCN)C(=O)N[C@@H](CCCN=C(N)N)C(=O)O. The summed E-state index contributed by atoms with van der Waals surface area (Å²) >= 11 is 0. The first kappa shape index (κ1) is 54.0. The van der Waals surface area contributed by atoms with Gasteiger partial charge in [0.2, 0.25) is 35.4 Å². The molecule has 0 bridgehead atoms. The first-order valence-corrected chi connectivity index (χ1v) is 21.8. The molecule has 0 spiro atoms. The van der Waals surface area contributed by atoms with Gasteiger partial charge in [-0.1, -0.05) is 80.9 Å². The summed E-state index contributed by atoms with van der Waals surface area (Å²) in [6, 6.07) is 10.8. The van der Waals surface area contributed by atoms with Gasteiger partial charge in [-0.3, -0.25) is 33.8 Å². The number of hydrogen-bond donors (Lipinski definition) is 12. The van der Waals surface area contributed by atoms with E-state index < -0.39 is 84.2 Å². The van der Waals surface area contributed by atoms with Crippen molar-refractivity contribution in [3.63, 3.8) is 0 Å². The van der Waals surface area contributed by atoms with Gasteiger partial charge < -0.3 is 65.7 Å². The van der Waals surface area contributed by atoms with Crippen LogP contribution in [0.3, 0.4) is 0 Å². The Morgan fingerprint density at radius 2 is 1.05 bits per heavy atom. The van der Waals surface area contributed by atoms with Gasteiger partial charge in [-0.25, -0.2) is 4.79 Å². The van der Waals surface area contributed by atoms with Crippen LogP contribution in [0.15, 0.2) is 65.7 Å². The zero-order chi connectivity index (χ0) is 47.4. The zero-order valence-electron chi connectivity index (χ0n) is 37.1. The molecule has 0 saturated carbocycles. The van der Waals surface area contributed by atoms with Crippen molar-refractivity contribution >= 4 is 47.4 Å². The third-order valence-corrected chi connectivity index (χ3v) is 10.1. The summed E-state index contributed by atoms with van der Waals surface area (Å²) in [5.74, 6) is -5.49. The molecule has 0 aromatic heterocycles. The Kier molecular flexibility index (Phi) is 25.4. The smallest absolute Gasteiger partial charge is 0.326 e. The van der Waals surface area contributed by atoms with Crippen molar-refractivity contribution in [1.82, 2.24) is 31.9 Å². The fourth-order valence-corrected chi connectivity index (χ4v) is 6.61. The Morgan fingerprint density at radius 3 is 1.56 bits per heavy atom. The minimum absolute atomic E-state index is 0.00321. The Bertz CT molecular complexity index is 1800. The number of carboxylic acid groups (broad SMARTS) is 1. The van der Waals surface area contributed by atoms with Crippen LogP contribution in [0.2, 0.25) is 0 Å². The summed E-state index contributed by atoms with van der Waals surface area (Å²) in [4.78, 5) is 97.6. The van der Waals surface area contributed by atoms with E-state index in [9.17, 15) is 38.7 Å². The van der Waals surface area contributed by atoms with Crippen LogP contribution in [0.4, 0.5) is 0 Å². The van der Waals surface area contributed by atoms with Gasteiger partial charge in [0, 0.05) is 19.4 Å². The van der Waals surface area contributed by atoms with Crippen molar-refractivity contribution in [1.29, 1.82) is 0 Å². The number of nitrogens with one attached hydrogen (secondary N) is 6. The lowest BCUT2D eigenvalue weighted by atomic mass is 10.0. The molecule has 0 heterocycles. The number of hydrogen-bond acceptors (Lipinski definition) is 11. The molecule has 0 aliphatic carbocycles. The van der Waals surface area contributed by atoms with Crippen LogP contribution in [0.1, 0.15) is 82.8 Å². The Labute approximate surface area is 375 Å². The number of carboxylic acids is 1. The van der Waals surface area contributed by atoms with Gasteiger partial charge in [0.15, 0.2) is 5.96 Å². The summed E-state index contributed by atoms with van der Waals surface area (Å²) < 4.78 is 0. The Morgan fingerprint density at radius 1 is 0.578 bits per heavy atom. The van der Waals surface area contributed by atoms with Crippen molar-refractivity contribution in [2.75, 3.05) is 26.2 Å². The highest BCUT2D eigenvalue weighted by molar-refractivity contribution is 5.96. The molecule has 20 heteroatoms. The van der Waals surface area contributed by atoms with Gasteiger partial charge in [-0.15, -0.1) is 0 Å². The minimum atomic E-state index is -1.31.